The number of alkyl halides is 2. The molecule has 1 aromatic carbocycles. The first kappa shape index (κ1) is 31.3. The maximum absolute atomic E-state index is 13.8. The first-order valence-corrected chi connectivity index (χ1v) is 15.5. The van der Waals surface area contributed by atoms with Gasteiger partial charge in [0.25, 0.3) is 11.8 Å². The van der Waals surface area contributed by atoms with E-state index in [4.69, 9.17) is 15.5 Å². The van der Waals surface area contributed by atoms with Gasteiger partial charge in [0.05, 0.1) is 13.2 Å². The van der Waals surface area contributed by atoms with Crippen molar-refractivity contribution in [3.05, 3.63) is 65.9 Å². The van der Waals surface area contributed by atoms with Gasteiger partial charge in [0.2, 0.25) is 5.91 Å². The highest BCUT2D eigenvalue weighted by Crippen LogP contribution is 2.39. The molecule has 11 nitrogen and oxygen atoms in total. The van der Waals surface area contributed by atoms with Crippen LogP contribution < -0.4 is 15.8 Å². The number of nitrogens with two attached hydrogens (primary N) is 1. The molecule has 46 heavy (non-hydrogen) atoms. The van der Waals surface area contributed by atoms with Gasteiger partial charge in [0.15, 0.2) is 0 Å². The van der Waals surface area contributed by atoms with E-state index >= 15 is 0 Å². The second kappa shape index (κ2) is 12.3. The summed E-state index contributed by atoms with van der Waals surface area (Å²) >= 11 is 0. The summed E-state index contributed by atoms with van der Waals surface area (Å²) in [5.41, 5.74) is 8.19. The Kier molecular flexibility index (Phi) is 8.36. The third kappa shape index (κ3) is 5.98. The van der Waals surface area contributed by atoms with Crippen molar-refractivity contribution < 1.29 is 23.1 Å². The maximum atomic E-state index is 13.8. The summed E-state index contributed by atoms with van der Waals surface area (Å²) in [5, 5.41) is 2.60. The molecule has 0 saturated carbocycles. The number of hydrogen-bond acceptors (Lipinski definition) is 8. The third-order valence-corrected chi connectivity index (χ3v) is 8.82. The number of anilines is 2. The average Bonchev–Trinajstić information content (AvgIpc) is 3.41. The number of ether oxygens (including phenoxy) is 1. The van der Waals surface area contributed by atoms with E-state index in [9.17, 15) is 18.4 Å². The Balaban J connectivity index is 1.33. The first-order valence-electron chi connectivity index (χ1n) is 15.5. The lowest BCUT2D eigenvalue weighted by molar-refractivity contribution is -0.143. The highest BCUT2D eigenvalue weighted by atomic mass is 19.3. The van der Waals surface area contributed by atoms with E-state index in [2.05, 4.69) is 34.0 Å². The summed E-state index contributed by atoms with van der Waals surface area (Å²) in [6.45, 7) is 9.01. The van der Waals surface area contributed by atoms with Crippen molar-refractivity contribution in [2.75, 3.05) is 37.3 Å². The van der Waals surface area contributed by atoms with Gasteiger partial charge < -0.3 is 20.7 Å². The van der Waals surface area contributed by atoms with Crippen molar-refractivity contribution in [2.45, 2.75) is 64.5 Å². The number of nitrogens with zero attached hydrogens (tertiary/aromatic N) is 6. The molecule has 0 bridgehead atoms. The van der Waals surface area contributed by atoms with Gasteiger partial charge >= 0.3 is 0 Å². The van der Waals surface area contributed by atoms with Crippen molar-refractivity contribution in [1.82, 2.24) is 29.2 Å². The zero-order valence-electron chi connectivity index (χ0n) is 26.3. The Morgan fingerprint density at radius 3 is 2.70 bits per heavy atom. The van der Waals surface area contributed by atoms with E-state index in [0.29, 0.717) is 48.3 Å². The molecule has 6 rings (SSSR count). The number of benzene rings is 1. The minimum Gasteiger partial charge on any atom is -0.493 e. The fourth-order valence-corrected chi connectivity index (χ4v) is 6.38. The molecule has 2 aliphatic heterocycles. The average molecular weight is 633 g/mol. The minimum absolute atomic E-state index is 0.00784. The number of pyridine rings is 1. The van der Waals surface area contributed by atoms with Crippen molar-refractivity contribution in [1.29, 1.82) is 0 Å². The van der Waals surface area contributed by atoms with E-state index in [1.807, 2.05) is 22.4 Å². The van der Waals surface area contributed by atoms with Gasteiger partial charge in [-0.15, -0.1) is 0 Å². The quantitative estimate of drug-likeness (QED) is 0.280. The molecule has 4 aromatic rings. The summed E-state index contributed by atoms with van der Waals surface area (Å²) in [5.74, 6) is -2.03. The summed E-state index contributed by atoms with van der Waals surface area (Å²) in [4.78, 5) is 44.0. The summed E-state index contributed by atoms with van der Waals surface area (Å²) < 4.78 is 35.6. The number of halogens is 2. The number of rotatable bonds is 8. The van der Waals surface area contributed by atoms with Gasteiger partial charge in [-0.25, -0.2) is 23.7 Å². The number of hydrogen-bond donors (Lipinski definition) is 2. The molecule has 2 atom stereocenters. The van der Waals surface area contributed by atoms with Gasteiger partial charge in [0.1, 0.15) is 34.4 Å². The minimum atomic E-state index is -3.08. The molecule has 2 fully saturated rings. The van der Waals surface area contributed by atoms with E-state index in [-0.39, 0.29) is 40.6 Å². The molecule has 5 heterocycles. The van der Waals surface area contributed by atoms with E-state index in [0.717, 1.165) is 38.2 Å². The highest BCUT2D eigenvalue weighted by Gasteiger charge is 2.39. The molecule has 2 amide bonds. The maximum Gasteiger partial charge on any atom is 0.270 e. The lowest BCUT2D eigenvalue weighted by Gasteiger charge is -2.46. The molecule has 0 aliphatic carbocycles. The largest absolute Gasteiger partial charge is 0.493 e. The van der Waals surface area contributed by atoms with Crippen LogP contribution in [-0.2, 0) is 10.7 Å². The fourth-order valence-electron chi connectivity index (χ4n) is 6.38. The number of fused-ring (bicyclic) bond motifs is 2. The molecule has 2 saturated heterocycles. The van der Waals surface area contributed by atoms with Crippen LogP contribution in [0.5, 0.6) is 5.75 Å². The highest BCUT2D eigenvalue weighted by molar-refractivity contribution is 6.04. The smallest absolute Gasteiger partial charge is 0.270 e. The van der Waals surface area contributed by atoms with Crippen LogP contribution in [0.4, 0.5) is 20.4 Å². The number of piperidine rings is 1. The summed E-state index contributed by atoms with van der Waals surface area (Å²) in [7, 11) is 0. The standard InChI is InChI=1S/C33H38F2N8O3/c1-5-46-25-14-20(32(45)39-26-15-22(10-11-37-26)33(4,34)35)7-9-24(25)28-29-30(36)38-12-13-42(29)31(40-28)21-6-8-23-17-41(19(2)3)18-27(44)43(23)16-21/h7,9-15,19,21,23H,5-6,8,16-18H2,1-4H3,(H2,36,38)(H,37,39,45)/t21-,23+/m1/s1. The van der Waals surface area contributed by atoms with Gasteiger partial charge in [-0.05, 0) is 63.9 Å². The number of aromatic nitrogens is 4. The van der Waals surface area contributed by atoms with Crippen LogP contribution in [0.1, 0.15) is 68.2 Å². The number of carbonyl (C=O) groups is 2. The van der Waals surface area contributed by atoms with Crippen LogP contribution in [0.25, 0.3) is 16.8 Å². The molecule has 13 heteroatoms. The van der Waals surface area contributed by atoms with Gasteiger partial charge in [-0.2, -0.15) is 0 Å². The second-order valence-corrected chi connectivity index (χ2v) is 12.3. The lowest BCUT2D eigenvalue weighted by Crippen LogP contribution is -2.60. The number of amides is 2. The van der Waals surface area contributed by atoms with E-state index in [1.54, 1.807) is 24.4 Å². The molecule has 3 aromatic heterocycles. The first-order chi connectivity index (χ1) is 21.9. The number of nitrogen functional groups attached to an aromatic ring is 1. The molecule has 0 spiro atoms. The normalized spacial score (nSPS) is 19.0. The number of piperazine rings is 1. The van der Waals surface area contributed by atoms with Crippen molar-refractivity contribution in [3.63, 3.8) is 0 Å². The Bertz CT molecular complexity index is 1790. The topological polar surface area (TPSA) is 131 Å². The van der Waals surface area contributed by atoms with E-state index < -0.39 is 11.8 Å². The van der Waals surface area contributed by atoms with Crippen molar-refractivity contribution in [3.8, 4) is 17.0 Å². The monoisotopic (exact) mass is 632 g/mol. The van der Waals surface area contributed by atoms with Gasteiger partial charge in [0, 0.05) is 73.3 Å². The van der Waals surface area contributed by atoms with Crippen LogP contribution >= 0.6 is 0 Å². The number of carbonyl (C=O) groups excluding carboxylic acids is 2. The number of imidazole rings is 1. The van der Waals surface area contributed by atoms with Gasteiger partial charge in [-0.1, -0.05) is 0 Å². The molecule has 0 radical (unpaired) electrons. The van der Waals surface area contributed by atoms with Crippen molar-refractivity contribution in [2.24, 2.45) is 0 Å². The molecule has 2 aliphatic rings. The zero-order valence-corrected chi connectivity index (χ0v) is 26.3. The van der Waals surface area contributed by atoms with Crippen LogP contribution in [0.15, 0.2) is 48.9 Å². The Labute approximate surface area is 265 Å². The molecule has 3 N–H and O–H groups in total. The van der Waals surface area contributed by atoms with E-state index in [1.165, 1.54) is 12.3 Å². The Hall–Kier alpha value is -4.65. The lowest BCUT2D eigenvalue weighted by atomic mass is 9.90. The summed E-state index contributed by atoms with van der Waals surface area (Å²) in [6.07, 6.45) is 6.41. The Morgan fingerprint density at radius 2 is 1.96 bits per heavy atom. The zero-order chi connectivity index (χ0) is 32.7. The predicted octanol–water partition coefficient (Wildman–Crippen LogP) is 4.93. The predicted molar refractivity (Wildman–Crippen MR) is 170 cm³/mol. The SMILES string of the molecule is CCOc1cc(C(=O)Nc2cc(C(C)(F)F)ccn2)ccc1-c1nc([C@@H]2CC[C@H]3CN(C(C)C)CC(=O)N3C2)n2ccnc(N)c12. The molecular weight excluding hydrogens is 594 g/mol. The number of nitrogens with one attached hydrogen (secondary N) is 1. The molecule has 242 valence electrons. The summed E-state index contributed by atoms with van der Waals surface area (Å²) in [6, 6.07) is 7.77. The van der Waals surface area contributed by atoms with Crippen LogP contribution in [-0.4, -0.2) is 79.3 Å². The van der Waals surface area contributed by atoms with Gasteiger partial charge in [-0.3, -0.25) is 18.9 Å². The second-order valence-electron chi connectivity index (χ2n) is 12.3. The fraction of sp³-hybridized carbons (Fsp3) is 0.424. The van der Waals surface area contributed by atoms with Crippen LogP contribution in [0.2, 0.25) is 0 Å². The van der Waals surface area contributed by atoms with Crippen LogP contribution in [0.3, 0.4) is 0 Å². The molecule has 0 unspecified atom stereocenters. The molecular formula is C33H38F2N8O3. The van der Waals surface area contributed by atoms with Crippen molar-refractivity contribution >= 4 is 29.0 Å². The third-order valence-electron chi connectivity index (χ3n) is 8.82. The van der Waals surface area contributed by atoms with Crippen LogP contribution in [0, 0.1) is 0 Å². The Morgan fingerprint density at radius 1 is 1.15 bits per heavy atom.